The van der Waals surface area contributed by atoms with Crippen LogP contribution in [0.3, 0.4) is 0 Å². The normalized spacial score (nSPS) is 26.9. The molecule has 586 valence electrons. The van der Waals surface area contributed by atoms with Gasteiger partial charge in [-0.2, -0.15) is 0 Å². The van der Waals surface area contributed by atoms with Crippen molar-refractivity contribution in [1.82, 2.24) is 5.32 Å². The predicted molar refractivity (Wildman–Crippen MR) is 406 cm³/mol. The Hall–Kier alpha value is -3.81. The molecule has 102 heavy (non-hydrogen) atoms. The summed E-state index contributed by atoms with van der Waals surface area (Å²) in [6.45, 7) is 1.59. The monoisotopic (exact) mass is 1440 g/mol. The van der Waals surface area contributed by atoms with Crippen LogP contribution in [0.15, 0.2) is 122 Å². The third-order valence-electron chi connectivity index (χ3n) is 19.0. The summed E-state index contributed by atoms with van der Waals surface area (Å²) in [5.41, 5.74) is 0. The summed E-state index contributed by atoms with van der Waals surface area (Å²) in [6.07, 6.45) is 60.4. The van der Waals surface area contributed by atoms with Crippen molar-refractivity contribution in [3.63, 3.8) is 0 Å². The van der Waals surface area contributed by atoms with Crippen LogP contribution < -0.4 is 5.32 Å². The number of rotatable bonds is 61. The molecule has 0 spiro atoms. The van der Waals surface area contributed by atoms with E-state index in [9.17, 15) is 61.0 Å². The number of hydrogen-bond acceptors (Lipinski definition) is 18. The van der Waals surface area contributed by atoms with Crippen LogP contribution >= 0.6 is 0 Å². The molecule has 0 aromatic heterocycles. The lowest BCUT2D eigenvalue weighted by atomic mass is 9.96. The van der Waals surface area contributed by atoms with Crippen molar-refractivity contribution in [2.45, 2.75) is 369 Å². The topological polar surface area (TPSA) is 307 Å². The number of ether oxygens (including phenoxy) is 6. The van der Waals surface area contributed by atoms with Crippen molar-refractivity contribution in [2.75, 3.05) is 26.4 Å². The van der Waals surface area contributed by atoms with Gasteiger partial charge in [-0.3, -0.25) is 4.79 Å². The van der Waals surface area contributed by atoms with E-state index in [-0.39, 0.29) is 18.9 Å². The van der Waals surface area contributed by atoms with Crippen molar-refractivity contribution < 1.29 is 89.4 Å². The van der Waals surface area contributed by atoms with E-state index in [1.54, 1.807) is 6.08 Å². The average Bonchev–Trinajstić information content (AvgIpc) is 0.766. The first kappa shape index (κ1) is 92.4. The number of amides is 1. The molecule has 3 saturated heterocycles. The molecule has 19 heteroatoms. The summed E-state index contributed by atoms with van der Waals surface area (Å²) >= 11 is 0. The Balaban J connectivity index is 1.42. The Morgan fingerprint density at radius 1 is 0.363 bits per heavy atom. The summed E-state index contributed by atoms with van der Waals surface area (Å²) in [5, 5.41) is 121. The third-order valence-corrected chi connectivity index (χ3v) is 19.0. The molecule has 0 saturated carbocycles. The van der Waals surface area contributed by atoms with Crippen LogP contribution in [0.25, 0.3) is 0 Å². The number of allylic oxidation sites excluding steroid dienone is 19. The van der Waals surface area contributed by atoms with Crippen molar-refractivity contribution in [1.29, 1.82) is 0 Å². The number of aliphatic hydroxyl groups is 11. The van der Waals surface area contributed by atoms with Crippen LogP contribution in [-0.2, 0) is 33.2 Å². The van der Waals surface area contributed by atoms with Gasteiger partial charge in [-0.25, -0.2) is 0 Å². The second kappa shape index (κ2) is 62.3. The first-order chi connectivity index (χ1) is 49.8. The Morgan fingerprint density at radius 3 is 1.05 bits per heavy atom. The lowest BCUT2D eigenvalue weighted by Crippen LogP contribution is -2.66. The van der Waals surface area contributed by atoms with Gasteiger partial charge in [0.2, 0.25) is 5.91 Å². The number of aliphatic hydroxyl groups excluding tert-OH is 11. The smallest absolute Gasteiger partial charge is 0.220 e. The van der Waals surface area contributed by atoms with Crippen molar-refractivity contribution in [2.24, 2.45) is 0 Å². The summed E-state index contributed by atoms with van der Waals surface area (Å²) in [4.78, 5) is 13.4. The lowest BCUT2D eigenvalue weighted by Gasteiger charge is -2.48. The van der Waals surface area contributed by atoms with Gasteiger partial charge < -0.3 is 89.9 Å². The van der Waals surface area contributed by atoms with E-state index in [4.69, 9.17) is 28.4 Å². The minimum atomic E-state index is -1.99. The average molecular weight is 1440 g/mol. The van der Waals surface area contributed by atoms with Crippen LogP contribution in [0.4, 0.5) is 0 Å². The maximum atomic E-state index is 13.4. The molecule has 17 atom stereocenters. The Labute approximate surface area is 614 Å². The minimum Gasteiger partial charge on any atom is -0.394 e. The minimum absolute atomic E-state index is 0.155. The highest BCUT2D eigenvalue weighted by atomic mass is 16.8. The highest BCUT2D eigenvalue weighted by Gasteiger charge is 2.53. The van der Waals surface area contributed by atoms with Crippen LogP contribution in [-0.4, -0.2) is 193 Å². The SMILES string of the molecule is CC/C=C\C/C=C\C/C=C\C/C=C\C/C=C\C/C=C\C/C=C\C/C=C\C/C=C\CCCC(=O)NC(COC1OC(CO)C(OC2OC(CO)C(OC3OC(CO)C(O)C(O)C3O)C(O)C2O)C(O)C1O)C(O)/C=C/CCCCCCCCCCCCCCCCCCCCCCCCCCCC. The number of carbonyl (C=O) groups excluding carboxylic acids is 1. The van der Waals surface area contributed by atoms with Gasteiger partial charge in [0.15, 0.2) is 18.9 Å². The van der Waals surface area contributed by atoms with E-state index >= 15 is 0 Å². The van der Waals surface area contributed by atoms with E-state index in [1.165, 1.54) is 148 Å². The van der Waals surface area contributed by atoms with Gasteiger partial charge in [-0.05, 0) is 83.5 Å². The molecule has 19 nitrogen and oxygen atoms in total. The first-order valence-corrected chi connectivity index (χ1v) is 39.8. The van der Waals surface area contributed by atoms with E-state index < -0.39 is 124 Å². The van der Waals surface area contributed by atoms with E-state index in [2.05, 4.69) is 122 Å². The molecule has 1 amide bonds. The molecule has 0 radical (unpaired) electrons. The van der Waals surface area contributed by atoms with Gasteiger partial charge >= 0.3 is 0 Å². The molecule has 0 bridgehead atoms. The highest BCUT2D eigenvalue weighted by Crippen LogP contribution is 2.33. The van der Waals surface area contributed by atoms with Crippen molar-refractivity contribution >= 4 is 5.91 Å². The van der Waals surface area contributed by atoms with Crippen LogP contribution in [0.2, 0.25) is 0 Å². The molecule has 3 fully saturated rings. The second-order valence-electron chi connectivity index (χ2n) is 27.8. The van der Waals surface area contributed by atoms with Crippen LogP contribution in [0.5, 0.6) is 0 Å². The van der Waals surface area contributed by atoms with Crippen molar-refractivity contribution in [3.8, 4) is 0 Å². The summed E-state index contributed by atoms with van der Waals surface area (Å²) in [7, 11) is 0. The maximum Gasteiger partial charge on any atom is 0.220 e. The third kappa shape index (κ3) is 41.9. The van der Waals surface area contributed by atoms with Gasteiger partial charge in [-0.1, -0.05) is 296 Å². The molecule has 0 aromatic rings. The van der Waals surface area contributed by atoms with E-state index in [0.29, 0.717) is 12.8 Å². The van der Waals surface area contributed by atoms with Gasteiger partial charge in [-0.15, -0.1) is 0 Å². The largest absolute Gasteiger partial charge is 0.394 e. The highest BCUT2D eigenvalue weighted by molar-refractivity contribution is 5.76. The van der Waals surface area contributed by atoms with Crippen molar-refractivity contribution in [3.05, 3.63) is 122 Å². The molecule has 17 unspecified atom stereocenters. The first-order valence-electron chi connectivity index (χ1n) is 39.8. The van der Waals surface area contributed by atoms with E-state index in [0.717, 1.165) is 83.5 Å². The van der Waals surface area contributed by atoms with Gasteiger partial charge in [0.25, 0.3) is 0 Å². The van der Waals surface area contributed by atoms with Gasteiger partial charge in [0.05, 0.1) is 38.6 Å². The number of unbranched alkanes of at least 4 members (excludes halogenated alkanes) is 27. The van der Waals surface area contributed by atoms with Gasteiger partial charge in [0, 0.05) is 6.42 Å². The quantitative estimate of drug-likeness (QED) is 0.0199. The standard InChI is InChI=1S/C83H141NO18/c1-3-5-7-9-11-13-15-17-19-21-23-25-27-29-31-33-35-37-39-41-43-45-47-49-51-53-55-57-59-61-71(89)84-66(67(88)60-58-56-54-52-50-48-46-44-42-40-38-36-34-32-30-28-26-24-22-20-18-16-14-12-10-8-6-4-2)65-97-81-77(95)74(92)79(69(63-86)99-81)102-83-78(96)75(93)80(70(64-87)100-83)101-82-76(94)73(91)72(90)68(62-85)98-82/h5,7,11,13,17,19,23,25,29,31,35,37,41,43,47,49,53,55,58,60,66-70,72-83,85-88,90-96H,3-4,6,8-10,12,14-16,18,20-22,24,26-28,30,32-34,36,38-40,42,44-46,48,50-52,54,56-57,59,61-65H2,1-2H3,(H,84,89)/b7-5-,13-11-,19-17-,25-23-,31-29-,37-35-,43-41-,49-47-,55-53-,60-58+. The summed E-state index contributed by atoms with van der Waals surface area (Å²) < 4.78 is 34.4. The molecule has 3 aliphatic heterocycles. The number of carbonyl (C=O) groups is 1. The Kier molecular flexibility index (Phi) is 56.4. The molecule has 3 heterocycles. The summed E-state index contributed by atoms with van der Waals surface area (Å²) in [5.74, 6) is -0.336. The zero-order valence-electron chi connectivity index (χ0n) is 62.5. The molecule has 12 N–H and O–H groups in total. The molecule has 0 aliphatic carbocycles. The number of nitrogens with one attached hydrogen (secondary N) is 1. The maximum absolute atomic E-state index is 13.4. The molecular formula is C83H141NO18. The second-order valence-corrected chi connectivity index (χ2v) is 27.8. The van der Waals surface area contributed by atoms with Crippen LogP contribution in [0, 0.1) is 0 Å². The zero-order valence-corrected chi connectivity index (χ0v) is 62.5. The Bertz CT molecular complexity index is 2320. The lowest BCUT2D eigenvalue weighted by molar-refractivity contribution is -0.379. The molecule has 3 aliphatic rings. The zero-order chi connectivity index (χ0) is 73.9. The van der Waals surface area contributed by atoms with Crippen LogP contribution in [0.1, 0.15) is 264 Å². The fraction of sp³-hybridized carbons (Fsp3) is 0.747. The Morgan fingerprint density at radius 2 is 0.676 bits per heavy atom. The molecular weight excluding hydrogens is 1300 g/mol. The van der Waals surface area contributed by atoms with Gasteiger partial charge in [0.1, 0.15) is 73.2 Å². The predicted octanol–water partition coefficient (Wildman–Crippen LogP) is 13.1. The van der Waals surface area contributed by atoms with E-state index in [1.807, 2.05) is 12.2 Å². The molecule has 0 aromatic carbocycles. The molecule has 3 rings (SSSR count). The number of hydrogen-bond donors (Lipinski definition) is 12. The summed E-state index contributed by atoms with van der Waals surface area (Å²) in [6, 6.07) is -1.02. The fourth-order valence-electron chi connectivity index (χ4n) is 12.7. The fourth-order valence-corrected chi connectivity index (χ4v) is 12.7.